The molecule has 126 valence electrons. The second kappa shape index (κ2) is 5.68. The van der Waals surface area contributed by atoms with E-state index < -0.39 is 11.2 Å². The third-order valence-electron chi connectivity index (χ3n) is 5.30. The normalized spacial score (nSPS) is 36.5. The minimum Gasteiger partial charge on any atom is -0.444 e. The summed E-state index contributed by atoms with van der Waals surface area (Å²) >= 11 is 0. The van der Waals surface area contributed by atoms with Crippen LogP contribution in [-0.2, 0) is 9.47 Å². The van der Waals surface area contributed by atoms with Crippen LogP contribution in [0.1, 0.15) is 59.3 Å². The van der Waals surface area contributed by atoms with Crippen molar-refractivity contribution in [1.29, 1.82) is 0 Å². The summed E-state index contributed by atoms with van der Waals surface area (Å²) in [6, 6.07) is -0.124. The molecule has 2 aliphatic heterocycles. The molecule has 1 saturated carbocycles. The van der Waals surface area contributed by atoms with Crippen molar-refractivity contribution >= 4 is 6.09 Å². The SMILES string of the molecule is CC(C)(C)OC(=O)N1C2COCC1CC(O)(C1CCCC1)C2. The second-order valence-corrected chi connectivity index (χ2v) is 8.23. The number of hydrogen-bond donors (Lipinski definition) is 1. The van der Waals surface area contributed by atoms with Crippen molar-refractivity contribution in [3.63, 3.8) is 0 Å². The first-order valence-corrected chi connectivity index (χ1v) is 8.60. The first kappa shape index (κ1) is 16.1. The van der Waals surface area contributed by atoms with Crippen molar-refractivity contribution < 1.29 is 19.4 Å². The number of fused-ring (bicyclic) bond motifs is 2. The Hall–Kier alpha value is -0.810. The molecule has 0 spiro atoms. The molecule has 3 fully saturated rings. The smallest absolute Gasteiger partial charge is 0.410 e. The lowest BCUT2D eigenvalue weighted by atomic mass is 9.73. The molecule has 2 saturated heterocycles. The lowest BCUT2D eigenvalue weighted by Gasteiger charge is -2.53. The maximum absolute atomic E-state index is 12.5. The summed E-state index contributed by atoms with van der Waals surface area (Å²) in [5.41, 5.74) is -1.13. The largest absolute Gasteiger partial charge is 0.444 e. The van der Waals surface area contributed by atoms with E-state index in [1.165, 1.54) is 12.8 Å². The highest BCUT2D eigenvalue weighted by molar-refractivity contribution is 5.69. The Kier molecular flexibility index (Phi) is 4.14. The molecule has 0 radical (unpaired) electrons. The van der Waals surface area contributed by atoms with E-state index in [0.29, 0.717) is 32.0 Å². The predicted octanol–water partition coefficient (Wildman–Crippen LogP) is 2.71. The van der Waals surface area contributed by atoms with Gasteiger partial charge in [0.05, 0.1) is 30.9 Å². The highest BCUT2D eigenvalue weighted by atomic mass is 16.6. The molecule has 1 amide bonds. The van der Waals surface area contributed by atoms with E-state index >= 15 is 0 Å². The maximum Gasteiger partial charge on any atom is 0.410 e. The van der Waals surface area contributed by atoms with Gasteiger partial charge in [0.2, 0.25) is 0 Å². The molecular formula is C17H29NO4. The van der Waals surface area contributed by atoms with Crippen molar-refractivity contribution in [3.8, 4) is 0 Å². The molecule has 2 unspecified atom stereocenters. The summed E-state index contributed by atoms with van der Waals surface area (Å²) in [6.07, 6.45) is 5.63. The van der Waals surface area contributed by atoms with Gasteiger partial charge in [-0.15, -0.1) is 0 Å². The zero-order valence-corrected chi connectivity index (χ0v) is 14.0. The van der Waals surface area contributed by atoms with Gasteiger partial charge in [-0.25, -0.2) is 4.79 Å². The molecule has 5 heteroatoms. The number of hydrogen-bond acceptors (Lipinski definition) is 4. The quantitative estimate of drug-likeness (QED) is 0.809. The average molecular weight is 311 g/mol. The topological polar surface area (TPSA) is 59.0 Å². The van der Waals surface area contributed by atoms with Crippen molar-refractivity contribution in [3.05, 3.63) is 0 Å². The Balaban J connectivity index is 1.74. The lowest BCUT2D eigenvalue weighted by molar-refractivity contribution is -0.155. The maximum atomic E-state index is 12.5. The van der Waals surface area contributed by atoms with Gasteiger partial charge in [-0.2, -0.15) is 0 Å². The van der Waals surface area contributed by atoms with E-state index in [1.54, 1.807) is 0 Å². The van der Waals surface area contributed by atoms with Gasteiger partial charge in [0.1, 0.15) is 5.60 Å². The number of piperidine rings is 1. The minimum absolute atomic E-state index is 0.0621. The molecule has 1 N–H and O–H groups in total. The van der Waals surface area contributed by atoms with Crippen LogP contribution in [0, 0.1) is 5.92 Å². The van der Waals surface area contributed by atoms with Crippen LogP contribution < -0.4 is 0 Å². The molecule has 3 rings (SSSR count). The minimum atomic E-state index is -0.631. The molecule has 1 aliphatic carbocycles. The Bertz CT molecular complexity index is 411. The van der Waals surface area contributed by atoms with Crippen LogP contribution in [0.5, 0.6) is 0 Å². The summed E-state index contributed by atoms with van der Waals surface area (Å²) in [6.45, 7) is 6.66. The van der Waals surface area contributed by atoms with Crippen LogP contribution in [0.25, 0.3) is 0 Å². The van der Waals surface area contributed by atoms with Crippen molar-refractivity contribution in [2.45, 2.75) is 82.6 Å². The summed E-state index contributed by atoms with van der Waals surface area (Å²) in [4.78, 5) is 14.4. The third-order valence-corrected chi connectivity index (χ3v) is 5.30. The number of nitrogens with zero attached hydrogens (tertiary/aromatic N) is 1. The number of carbonyl (C=O) groups excluding carboxylic acids is 1. The standard InChI is InChI=1S/C17H29NO4/c1-16(2,3)22-15(19)18-13-8-17(20,12-6-4-5-7-12)9-14(18)11-21-10-13/h12-14,20H,4-11H2,1-3H3. The molecule has 3 aliphatic rings. The van der Waals surface area contributed by atoms with Crippen LogP contribution in [0.3, 0.4) is 0 Å². The summed E-state index contributed by atoms with van der Waals surface area (Å²) in [5.74, 6) is 0.386. The van der Waals surface area contributed by atoms with Gasteiger partial charge >= 0.3 is 6.09 Å². The van der Waals surface area contributed by atoms with Gasteiger partial charge in [-0.1, -0.05) is 12.8 Å². The Labute approximate surface area is 133 Å². The predicted molar refractivity (Wildman–Crippen MR) is 82.6 cm³/mol. The highest BCUT2D eigenvalue weighted by Gasteiger charge is 2.52. The van der Waals surface area contributed by atoms with Crippen molar-refractivity contribution in [2.75, 3.05) is 13.2 Å². The molecule has 5 nitrogen and oxygen atoms in total. The summed E-state index contributed by atoms with van der Waals surface area (Å²) in [5, 5.41) is 11.2. The number of morpholine rings is 1. The highest BCUT2D eigenvalue weighted by Crippen LogP contribution is 2.45. The van der Waals surface area contributed by atoms with E-state index in [2.05, 4.69) is 0 Å². The van der Waals surface area contributed by atoms with Gasteiger partial charge in [-0.05, 0) is 52.4 Å². The first-order valence-electron chi connectivity index (χ1n) is 8.60. The number of carbonyl (C=O) groups is 1. The van der Waals surface area contributed by atoms with Gasteiger partial charge in [0.25, 0.3) is 0 Å². The number of amides is 1. The number of aliphatic hydroxyl groups is 1. The van der Waals surface area contributed by atoms with E-state index in [9.17, 15) is 9.90 Å². The zero-order valence-electron chi connectivity index (χ0n) is 14.0. The lowest BCUT2D eigenvalue weighted by Crippen LogP contribution is -2.65. The van der Waals surface area contributed by atoms with Crippen LogP contribution >= 0.6 is 0 Å². The second-order valence-electron chi connectivity index (χ2n) is 8.23. The fourth-order valence-corrected chi connectivity index (χ4v) is 4.42. The monoisotopic (exact) mass is 311 g/mol. The fourth-order valence-electron chi connectivity index (χ4n) is 4.42. The van der Waals surface area contributed by atoms with Crippen LogP contribution in [0.2, 0.25) is 0 Å². The van der Waals surface area contributed by atoms with Crippen molar-refractivity contribution in [1.82, 2.24) is 4.90 Å². The molecule has 0 aromatic carbocycles. The Morgan fingerprint density at radius 3 is 2.23 bits per heavy atom. The Morgan fingerprint density at radius 2 is 1.73 bits per heavy atom. The molecule has 22 heavy (non-hydrogen) atoms. The van der Waals surface area contributed by atoms with Gasteiger partial charge in [0, 0.05) is 0 Å². The molecule has 0 aromatic rings. The van der Waals surface area contributed by atoms with Crippen LogP contribution in [-0.4, -0.2) is 52.6 Å². The Morgan fingerprint density at radius 1 is 1.18 bits per heavy atom. The molecule has 0 aromatic heterocycles. The first-order chi connectivity index (χ1) is 10.3. The van der Waals surface area contributed by atoms with Gasteiger partial charge in [0.15, 0.2) is 0 Å². The molecule has 2 atom stereocenters. The van der Waals surface area contributed by atoms with E-state index in [0.717, 1.165) is 12.8 Å². The van der Waals surface area contributed by atoms with Crippen LogP contribution in [0.4, 0.5) is 4.79 Å². The zero-order chi connectivity index (χ0) is 16.0. The molecule has 2 bridgehead atoms. The fraction of sp³-hybridized carbons (Fsp3) is 0.941. The van der Waals surface area contributed by atoms with Gasteiger partial charge in [-0.3, -0.25) is 4.90 Å². The molecular weight excluding hydrogens is 282 g/mol. The average Bonchev–Trinajstić information content (AvgIpc) is 2.89. The van der Waals surface area contributed by atoms with Gasteiger partial charge < -0.3 is 14.6 Å². The summed E-state index contributed by atoms with van der Waals surface area (Å²) in [7, 11) is 0. The van der Waals surface area contributed by atoms with Crippen molar-refractivity contribution in [2.24, 2.45) is 5.92 Å². The van der Waals surface area contributed by atoms with E-state index in [-0.39, 0.29) is 18.2 Å². The molecule has 2 heterocycles. The third kappa shape index (κ3) is 3.11. The van der Waals surface area contributed by atoms with E-state index in [4.69, 9.17) is 9.47 Å². The van der Waals surface area contributed by atoms with Crippen LogP contribution in [0.15, 0.2) is 0 Å². The van der Waals surface area contributed by atoms with E-state index in [1.807, 2.05) is 25.7 Å². The number of ether oxygens (including phenoxy) is 2. The number of rotatable bonds is 1. The summed E-state index contributed by atoms with van der Waals surface area (Å²) < 4.78 is 11.2.